The van der Waals surface area contributed by atoms with Crippen LogP contribution in [0.3, 0.4) is 0 Å². The van der Waals surface area contributed by atoms with E-state index in [1.54, 1.807) is 0 Å². The van der Waals surface area contributed by atoms with E-state index in [9.17, 15) is 14.0 Å². The zero-order valence-corrected chi connectivity index (χ0v) is 8.51. The predicted molar refractivity (Wildman–Crippen MR) is 59.1 cm³/mol. The molecule has 0 spiro atoms. The van der Waals surface area contributed by atoms with Crippen molar-refractivity contribution < 1.29 is 18.7 Å². The summed E-state index contributed by atoms with van der Waals surface area (Å²) < 4.78 is 18.2. The average Bonchev–Trinajstić information content (AvgIpc) is 2.29. The van der Waals surface area contributed by atoms with Gasteiger partial charge in [0.15, 0.2) is 16.8 Å². The first-order valence-corrected chi connectivity index (χ1v) is 4.70. The molecule has 1 aromatic carbocycles. The van der Waals surface area contributed by atoms with Gasteiger partial charge in [-0.15, -0.1) is 0 Å². The van der Waals surface area contributed by atoms with Crippen LogP contribution in [0.4, 0.5) is 4.39 Å². The van der Waals surface area contributed by atoms with Crippen molar-refractivity contribution >= 4 is 23.0 Å². The van der Waals surface area contributed by atoms with Crippen molar-refractivity contribution in [1.29, 1.82) is 0 Å². The predicted octanol–water partition coefficient (Wildman–Crippen LogP) is 2.03. The summed E-state index contributed by atoms with van der Waals surface area (Å²) in [5, 5.41) is 8.52. The van der Waals surface area contributed by atoms with Gasteiger partial charge in [-0.1, -0.05) is 6.07 Å². The van der Waals surface area contributed by atoms with Gasteiger partial charge in [-0.3, -0.25) is 4.79 Å². The summed E-state index contributed by atoms with van der Waals surface area (Å²) in [7, 11) is 0. The Hall–Kier alpha value is -2.43. The number of fused-ring (bicyclic) bond motifs is 1. The third kappa shape index (κ3) is 2.08. The number of carbonyl (C=O) groups is 1. The minimum absolute atomic E-state index is 0.0606. The molecular formula is C12H7FO4. The van der Waals surface area contributed by atoms with Crippen LogP contribution in [0.25, 0.3) is 17.0 Å². The van der Waals surface area contributed by atoms with Crippen LogP contribution in [0.5, 0.6) is 0 Å². The van der Waals surface area contributed by atoms with E-state index in [0.717, 1.165) is 18.4 Å². The van der Waals surface area contributed by atoms with Crippen LogP contribution in [-0.2, 0) is 4.79 Å². The fourth-order valence-corrected chi connectivity index (χ4v) is 1.41. The van der Waals surface area contributed by atoms with E-state index < -0.39 is 17.2 Å². The lowest BCUT2D eigenvalue weighted by atomic mass is 10.1. The number of hydrogen-bond donors (Lipinski definition) is 1. The van der Waals surface area contributed by atoms with Crippen molar-refractivity contribution in [3.05, 3.63) is 52.1 Å². The lowest BCUT2D eigenvalue weighted by Gasteiger charge is -1.98. The summed E-state index contributed by atoms with van der Waals surface area (Å²) >= 11 is 0. The molecule has 0 amide bonds. The molecule has 86 valence electrons. The summed E-state index contributed by atoms with van der Waals surface area (Å²) in [6.07, 6.45) is 2.96. The van der Waals surface area contributed by atoms with E-state index in [1.165, 1.54) is 18.2 Å². The van der Waals surface area contributed by atoms with Crippen LogP contribution < -0.4 is 5.43 Å². The molecule has 0 bridgehead atoms. The first-order chi connectivity index (χ1) is 8.09. The summed E-state index contributed by atoms with van der Waals surface area (Å²) in [6, 6.07) is 3.99. The molecule has 0 aliphatic rings. The maximum Gasteiger partial charge on any atom is 0.328 e. The lowest BCUT2D eigenvalue weighted by Crippen LogP contribution is -2.05. The van der Waals surface area contributed by atoms with Crippen molar-refractivity contribution in [2.75, 3.05) is 0 Å². The van der Waals surface area contributed by atoms with Gasteiger partial charge in [0.25, 0.3) is 0 Å². The first kappa shape index (κ1) is 11.1. The van der Waals surface area contributed by atoms with Crippen LogP contribution >= 0.6 is 0 Å². The highest BCUT2D eigenvalue weighted by Gasteiger charge is 2.08. The zero-order chi connectivity index (χ0) is 12.4. The fraction of sp³-hybridized carbons (Fsp3) is 0. The highest BCUT2D eigenvalue weighted by molar-refractivity contribution is 5.86. The molecule has 5 heteroatoms. The van der Waals surface area contributed by atoms with Gasteiger partial charge in [-0.2, -0.15) is 0 Å². The smallest absolute Gasteiger partial charge is 0.328 e. The Morgan fingerprint density at radius 1 is 1.41 bits per heavy atom. The van der Waals surface area contributed by atoms with E-state index in [0.29, 0.717) is 0 Å². The Morgan fingerprint density at radius 3 is 2.88 bits per heavy atom. The Labute approximate surface area is 94.6 Å². The zero-order valence-electron chi connectivity index (χ0n) is 8.51. The van der Waals surface area contributed by atoms with Crippen LogP contribution in [-0.4, -0.2) is 11.1 Å². The number of carboxylic acid groups (broad SMARTS) is 1. The van der Waals surface area contributed by atoms with E-state index in [-0.39, 0.29) is 16.5 Å². The third-order valence-corrected chi connectivity index (χ3v) is 2.18. The molecule has 0 fully saturated rings. The number of para-hydroxylation sites is 1. The molecule has 4 nitrogen and oxygen atoms in total. The van der Waals surface area contributed by atoms with Gasteiger partial charge in [-0.25, -0.2) is 9.18 Å². The van der Waals surface area contributed by atoms with Crippen molar-refractivity contribution in [1.82, 2.24) is 0 Å². The van der Waals surface area contributed by atoms with Gasteiger partial charge in [0.1, 0.15) is 6.26 Å². The van der Waals surface area contributed by atoms with Gasteiger partial charge in [0.05, 0.1) is 10.9 Å². The van der Waals surface area contributed by atoms with Gasteiger partial charge in [-0.05, 0) is 18.2 Å². The molecule has 0 aliphatic carbocycles. The summed E-state index contributed by atoms with van der Waals surface area (Å²) in [5.74, 6) is -1.81. The lowest BCUT2D eigenvalue weighted by molar-refractivity contribution is -0.131. The van der Waals surface area contributed by atoms with Crippen LogP contribution in [0.15, 0.2) is 39.7 Å². The highest BCUT2D eigenvalue weighted by atomic mass is 19.1. The molecule has 0 saturated heterocycles. The second kappa shape index (κ2) is 4.21. The summed E-state index contributed by atoms with van der Waals surface area (Å²) in [4.78, 5) is 22.1. The highest BCUT2D eigenvalue weighted by Crippen LogP contribution is 2.15. The van der Waals surface area contributed by atoms with E-state index in [1.807, 2.05) is 0 Å². The Balaban J connectivity index is 2.67. The van der Waals surface area contributed by atoms with Crippen molar-refractivity contribution in [2.45, 2.75) is 0 Å². The second-order valence-corrected chi connectivity index (χ2v) is 3.31. The molecule has 1 aromatic heterocycles. The van der Waals surface area contributed by atoms with Crippen LogP contribution in [0.2, 0.25) is 0 Å². The number of rotatable bonds is 2. The molecule has 1 heterocycles. The van der Waals surface area contributed by atoms with E-state index in [2.05, 4.69) is 0 Å². The van der Waals surface area contributed by atoms with Crippen LogP contribution in [0, 0.1) is 5.82 Å². The Bertz CT molecular complexity index is 670. The average molecular weight is 234 g/mol. The molecule has 0 unspecified atom stereocenters. The molecule has 1 N–H and O–H groups in total. The second-order valence-electron chi connectivity index (χ2n) is 3.31. The van der Waals surface area contributed by atoms with Crippen molar-refractivity contribution in [3.63, 3.8) is 0 Å². The van der Waals surface area contributed by atoms with E-state index >= 15 is 0 Å². The molecule has 0 atom stereocenters. The number of halogens is 1. The van der Waals surface area contributed by atoms with Crippen LogP contribution in [0.1, 0.15) is 5.56 Å². The summed E-state index contributed by atoms with van der Waals surface area (Å²) in [5.41, 5.74) is -0.543. The van der Waals surface area contributed by atoms with Gasteiger partial charge in [0, 0.05) is 6.08 Å². The topological polar surface area (TPSA) is 67.5 Å². The largest absolute Gasteiger partial charge is 0.478 e. The van der Waals surface area contributed by atoms with E-state index in [4.69, 9.17) is 9.52 Å². The number of benzene rings is 1. The SMILES string of the molecule is O=C(O)/C=C/c1coc2c(F)cccc2c1=O. The minimum Gasteiger partial charge on any atom is -0.478 e. The molecule has 17 heavy (non-hydrogen) atoms. The van der Waals surface area contributed by atoms with Crippen molar-refractivity contribution in [2.24, 2.45) is 0 Å². The molecule has 0 radical (unpaired) electrons. The quantitative estimate of drug-likeness (QED) is 0.807. The van der Waals surface area contributed by atoms with Gasteiger partial charge < -0.3 is 9.52 Å². The monoisotopic (exact) mass is 234 g/mol. The maximum absolute atomic E-state index is 13.3. The molecule has 0 saturated carbocycles. The number of aliphatic carboxylic acids is 1. The third-order valence-electron chi connectivity index (χ3n) is 2.18. The normalized spacial score (nSPS) is 11.1. The maximum atomic E-state index is 13.3. The van der Waals surface area contributed by atoms with Gasteiger partial charge >= 0.3 is 5.97 Å². The number of hydrogen-bond acceptors (Lipinski definition) is 3. The molecule has 2 aromatic rings. The number of carboxylic acids is 1. The fourth-order valence-electron chi connectivity index (χ4n) is 1.41. The minimum atomic E-state index is -1.18. The molecule has 2 rings (SSSR count). The Morgan fingerprint density at radius 2 is 2.18 bits per heavy atom. The van der Waals surface area contributed by atoms with Gasteiger partial charge in [0.2, 0.25) is 0 Å². The molecular weight excluding hydrogens is 227 g/mol. The molecule has 0 aliphatic heterocycles. The Kier molecular flexibility index (Phi) is 2.74. The summed E-state index contributed by atoms with van der Waals surface area (Å²) in [6.45, 7) is 0. The van der Waals surface area contributed by atoms with Crippen molar-refractivity contribution in [3.8, 4) is 0 Å². The standard InChI is InChI=1S/C12H7FO4/c13-9-3-1-2-8-11(16)7(4-5-10(14)15)6-17-12(8)9/h1-6H,(H,14,15)/b5-4+. The first-order valence-electron chi connectivity index (χ1n) is 4.70.